The van der Waals surface area contributed by atoms with Crippen LogP contribution < -0.4 is 5.32 Å². The summed E-state index contributed by atoms with van der Waals surface area (Å²) in [5, 5.41) is 7.80. The van der Waals surface area contributed by atoms with E-state index in [0.717, 1.165) is 49.0 Å². The zero-order valence-electron chi connectivity index (χ0n) is 17.6. The Bertz CT molecular complexity index is 926. The van der Waals surface area contributed by atoms with E-state index in [2.05, 4.69) is 17.3 Å². The van der Waals surface area contributed by atoms with Crippen LogP contribution in [0.25, 0.3) is 6.08 Å². The van der Waals surface area contributed by atoms with Gasteiger partial charge in [-0.3, -0.25) is 9.48 Å². The number of nitrogens with zero attached hydrogens (tertiary/aromatic N) is 2. The smallest absolute Gasteiger partial charge is 0.341 e. The normalized spacial score (nSPS) is 16.1. The van der Waals surface area contributed by atoms with Crippen LogP contribution in [0, 0.1) is 12.8 Å². The fourth-order valence-electron chi connectivity index (χ4n) is 3.77. The molecule has 1 atom stereocenters. The van der Waals surface area contributed by atoms with Crippen molar-refractivity contribution in [2.45, 2.75) is 59.9 Å². The van der Waals surface area contributed by atoms with Crippen LogP contribution in [0.3, 0.4) is 0 Å². The van der Waals surface area contributed by atoms with E-state index in [-0.39, 0.29) is 11.9 Å². The number of aromatic nitrogens is 2. The number of amides is 1. The van der Waals surface area contributed by atoms with E-state index < -0.39 is 0 Å². The van der Waals surface area contributed by atoms with Gasteiger partial charge in [-0.1, -0.05) is 13.3 Å². The predicted molar refractivity (Wildman–Crippen MR) is 116 cm³/mol. The number of anilines is 1. The minimum atomic E-state index is -0.348. The van der Waals surface area contributed by atoms with Gasteiger partial charge in [0.15, 0.2) is 0 Å². The number of nitrogens with one attached hydrogen (secondary N) is 1. The average molecular weight is 416 g/mol. The van der Waals surface area contributed by atoms with Crippen LogP contribution in [0.4, 0.5) is 5.00 Å². The molecule has 0 aromatic carbocycles. The fourth-order valence-corrected chi connectivity index (χ4v) is 5.13. The first-order valence-corrected chi connectivity index (χ1v) is 11.1. The van der Waals surface area contributed by atoms with Crippen molar-refractivity contribution in [2.24, 2.45) is 5.92 Å². The first-order valence-electron chi connectivity index (χ1n) is 10.3. The number of carbonyl (C=O) groups is 2. The summed E-state index contributed by atoms with van der Waals surface area (Å²) in [6, 6.07) is 0. The van der Waals surface area contributed by atoms with Crippen LogP contribution in [0.2, 0.25) is 0 Å². The van der Waals surface area contributed by atoms with Gasteiger partial charge in [-0.2, -0.15) is 5.10 Å². The maximum Gasteiger partial charge on any atom is 0.341 e. The molecule has 0 aliphatic heterocycles. The minimum Gasteiger partial charge on any atom is -0.462 e. The zero-order valence-corrected chi connectivity index (χ0v) is 18.4. The lowest BCUT2D eigenvalue weighted by Crippen LogP contribution is -2.16. The molecule has 0 fully saturated rings. The Morgan fingerprint density at radius 2 is 2.17 bits per heavy atom. The molecule has 2 aromatic heterocycles. The number of hydrogen-bond donors (Lipinski definition) is 1. The molecule has 1 unspecified atom stereocenters. The summed E-state index contributed by atoms with van der Waals surface area (Å²) in [6.45, 7) is 9.10. The van der Waals surface area contributed by atoms with Gasteiger partial charge in [0.1, 0.15) is 5.00 Å². The summed E-state index contributed by atoms with van der Waals surface area (Å²) in [6.07, 6.45) is 9.02. The molecular formula is C22H29N3O3S. The van der Waals surface area contributed by atoms with Crippen LogP contribution in [0.5, 0.6) is 0 Å². The number of fused-ring (bicyclic) bond motifs is 1. The van der Waals surface area contributed by atoms with Crippen molar-refractivity contribution in [1.82, 2.24) is 9.78 Å². The molecule has 1 amide bonds. The Morgan fingerprint density at radius 3 is 2.83 bits per heavy atom. The van der Waals surface area contributed by atoms with Crippen LogP contribution in [-0.4, -0.2) is 28.3 Å². The highest BCUT2D eigenvalue weighted by Crippen LogP contribution is 2.40. The Balaban J connectivity index is 1.82. The van der Waals surface area contributed by atoms with Gasteiger partial charge < -0.3 is 10.1 Å². The number of aryl methyl sites for hydroxylation is 1. The summed E-state index contributed by atoms with van der Waals surface area (Å²) in [4.78, 5) is 26.4. The molecule has 0 spiro atoms. The molecule has 0 saturated heterocycles. The third-order valence-electron chi connectivity index (χ3n) is 5.52. The average Bonchev–Trinajstić information content (AvgIpc) is 3.25. The molecule has 29 heavy (non-hydrogen) atoms. The molecule has 2 heterocycles. The van der Waals surface area contributed by atoms with E-state index in [0.29, 0.717) is 23.1 Å². The van der Waals surface area contributed by atoms with Gasteiger partial charge in [0.05, 0.1) is 18.4 Å². The number of carbonyl (C=O) groups excluding carboxylic acids is 2. The maximum atomic E-state index is 12.6. The Morgan fingerprint density at radius 1 is 1.38 bits per heavy atom. The second kappa shape index (κ2) is 9.39. The molecule has 1 aliphatic carbocycles. The number of esters is 1. The number of rotatable bonds is 7. The highest BCUT2D eigenvalue weighted by molar-refractivity contribution is 7.17. The largest absolute Gasteiger partial charge is 0.462 e. The van der Waals surface area contributed by atoms with Gasteiger partial charge in [0.2, 0.25) is 5.91 Å². The third-order valence-corrected chi connectivity index (χ3v) is 6.69. The molecule has 0 radical (unpaired) electrons. The van der Waals surface area contributed by atoms with Crippen molar-refractivity contribution in [3.05, 3.63) is 39.5 Å². The number of thiophene rings is 1. The molecule has 0 saturated carbocycles. The summed E-state index contributed by atoms with van der Waals surface area (Å²) < 4.78 is 7.16. The standard InChI is InChI=1S/C22H29N3O3S/c1-5-15-8-10-17-18(12-15)29-21(20(17)22(27)28-7-3)24-19(26)11-9-16-13-23-25(6-2)14(16)4/h9,11,13,15H,5-8,10,12H2,1-4H3,(H,24,26). The Kier molecular flexibility index (Phi) is 6.90. The number of hydrogen-bond acceptors (Lipinski definition) is 5. The van der Waals surface area contributed by atoms with Crippen molar-refractivity contribution >= 4 is 34.3 Å². The van der Waals surface area contributed by atoms with Gasteiger partial charge >= 0.3 is 5.97 Å². The highest BCUT2D eigenvalue weighted by atomic mass is 32.1. The molecular weight excluding hydrogens is 386 g/mol. The fraction of sp³-hybridized carbons (Fsp3) is 0.500. The van der Waals surface area contributed by atoms with Crippen molar-refractivity contribution in [3.8, 4) is 0 Å². The lowest BCUT2D eigenvalue weighted by atomic mass is 9.85. The summed E-state index contributed by atoms with van der Waals surface area (Å²) in [5.41, 5.74) is 3.51. The number of ether oxygens (including phenoxy) is 1. The molecule has 3 rings (SSSR count). The first-order chi connectivity index (χ1) is 14.0. The molecule has 156 valence electrons. The summed E-state index contributed by atoms with van der Waals surface area (Å²) in [5.74, 6) is 0.0295. The lowest BCUT2D eigenvalue weighted by Gasteiger charge is -2.20. The van der Waals surface area contributed by atoms with Gasteiger partial charge in [-0.05, 0) is 57.6 Å². The van der Waals surface area contributed by atoms with E-state index in [9.17, 15) is 9.59 Å². The SMILES string of the molecule is CCOC(=O)c1c(NC(=O)C=Cc2cnn(CC)c2C)sc2c1CCC(CC)C2. The topological polar surface area (TPSA) is 73.2 Å². The van der Waals surface area contributed by atoms with E-state index in [1.807, 2.05) is 18.5 Å². The van der Waals surface area contributed by atoms with E-state index in [1.165, 1.54) is 22.3 Å². The molecule has 7 heteroatoms. The molecule has 1 aliphatic rings. The minimum absolute atomic E-state index is 0.259. The van der Waals surface area contributed by atoms with E-state index >= 15 is 0 Å². The third kappa shape index (κ3) is 4.61. The van der Waals surface area contributed by atoms with Gasteiger partial charge in [0, 0.05) is 28.8 Å². The van der Waals surface area contributed by atoms with Gasteiger partial charge in [-0.15, -0.1) is 11.3 Å². The summed E-state index contributed by atoms with van der Waals surface area (Å²) >= 11 is 1.51. The predicted octanol–water partition coefficient (Wildman–Crippen LogP) is 4.62. The van der Waals surface area contributed by atoms with Gasteiger partial charge in [-0.25, -0.2) is 4.79 Å². The quantitative estimate of drug-likeness (QED) is 0.529. The van der Waals surface area contributed by atoms with Crippen molar-refractivity contribution < 1.29 is 14.3 Å². The Hall–Kier alpha value is -2.41. The Labute approximate surface area is 176 Å². The molecule has 1 N–H and O–H groups in total. The van der Waals surface area contributed by atoms with E-state index in [4.69, 9.17) is 4.74 Å². The maximum absolute atomic E-state index is 12.6. The van der Waals surface area contributed by atoms with Crippen molar-refractivity contribution in [2.75, 3.05) is 11.9 Å². The lowest BCUT2D eigenvalue weighted by molar-refractivity contribution is -0.111. The first kappa shape index (κ1) is 21.3. The second-order valence-corrected chi connectivity index (χ2v) is 8.37. The summed E-state index contributed by atoms with van der Waals surface area (Å²) in [7, 11) is 0. The molecule has 0 bridgehead atoms. The van der Waals surface area contributed by atoms with Crippen LogP contribution in [-0.2, 0) is 28.9 Å². The highest BCUT2D eigenvalue weighted by Gasteiger charge is 2.29. The zero-order chi connectivity index (χ0) is 21.0. The van der Waals surface area contributed by atoms with Crippen molar-refractivity contribution in [3.63, 3.8) is 0 Å². The monoisotopic (exact) mass is 415 g/mol. The van der Waals surface area contributed by atoms with Gasteiger partial charge in [0.25, 0.3) is 0 Å². The van der Waals surface area contributed by atoms with Crippen LogP contribution >= 0.6 is 11.3 Å². The van der Waals surface area contributed by atoms with Crippen molar-refractivity contribution in [1.29, 1.82) is 0 Å². The second-order valence-electron chi connectivity index (χ2n) is 7.27. The van der Waals surface area contributed by atoms with Crippen LogP contribution in [0.1, 0.15) is 65.7 Å². The molecule has 2 aromatic rings. The molecule has 6 nitrogen and oxygen atoms in total. The van der Waals surface area contributed by atoms with E-state index in [1.54, 1.807) is 19.2 Å². The van der Waals surface area contributed by atoms with Crippen LogP contribution in [0.15, 0.2) is 12.3 Å².